The zero-order chi connectivity index (χ0) is 15.0. The summed E-state index contributed by atoms with van der Waals surface area (Å²) in [6, 6.07) is 0. The lowest BCUT2D eigenvalue weighted by Crippen LogP contribution is -2.29. The van der Waals surface area contributed by atoms with Gasteiger partial charge in [-0.2, -0.15) is 0 Å². The highest BCUT2D eigenvalue weighted by Crippen LogP contribution is 2.21. The summed E-state index contributed by atoms with van der Waals surface area (Å²) >= 11 is 0. The Hall–Kier alpha value is -1.24. The van der Waals surface area contributed by atoms with E-state index in [0.29, 0.717) is 23.7 Å². The van der Waals surface area contributed by atoms with Crippen LogP contribution in [0.5, 0.6) is 0 Å². The summed E-state index contributed by atoms with van der Waals surface area (Å²) in [6.45, 7) is 1.96. The van der Waals surface area contributed by atoms with Gasteiger partial charge in [-0.05, 0) is 31.3 Å². The van der Waals surface area contributed by atoms with Crippen molar-refractivity contribution in [2.75, 3.05) is 6.54 Å². The molecule has 0 aromatic carbocycles. The van der Waals surface area contributed by atoms with Crippen LogP contribution in [0.25, 0.3) is 0 Å². The molecule has 0 aromatic rings. The summed E-state index contributed by atoms with van der Waals surface area (Å²) < 4.78 is 24.8. The first-order valence-corrected chi connectivity index (χ1v) is 8.18. The Balaban J connectivity index is 2.76. The van der Waals surface area contributed by atoms with Gasteiger partial charge in [-0.3, -0.25) is 5.21 Å². The van der Waals surface area contributed by atoms with E-state index in [1.807, 2.05) is 13.0 Å². The fourth-order valence-electron chi connectivity index (χ4n) is 1.82. The topological polar surface area (TPSA) is 74.7 Å². The van der Waals surface area contributed by atoms with E-state index in [4.69, 9.17) is 0 Å². The maximum Gasteiger partial charge on any atom is 0.264 e. The average Bonchev–Trinajstić information content (AvgIpc) is 2.69. The van der Waals surface area contributed by atoms with E-state index in [2.05, 4.69) is 0 Å². The summed E-state index contributed by atoms with van der Waals surface area (Å²) in [5.74, 6) is 0.0400. The number of carbonyl (C=O) groups is 1. The molecule has 1 unspecified atom stereocenters. The molecule has 20 heavy (non-hydrogen) atoms. The van der Waals surface area contributed by atoms with Crippen LogP contribution in [0.4, 0.5) is 0 Å². The van der Waals surface area contributed by atoms with Gasteiger partial charge >= 0.3 is 0 Å². The first-order chi connectivity index (χ1) is 9.52. The molecule has 0 amide bonds. The molecule has 0 spiro atoms. The van der Waals surface area contributed by atoms with Crippen molar-refractivity contribution >= 4 is 16.3 Å². The number of hydrogen-bond donors (Lipinski definition) is 1. The number of hydroxylamine groups is 1. The number of unbranched alkanes of at least 4 members (excludes halogenated alkanes) is 2. The maximum atomic E-state index is 12.2. The Morgan fingerprint density at radius 2 is 2.10 bits per heavy atom. The molecule has 1 atom stereocenters. The Morgan fingerprint density at radius 3 is 2.75 bits per heavy atom. The highest BCUT2D eigenvalue weighted by Gasteiger charge is 2.24. The molecule has 112 valence electrons. The smallest absolute Gasteiger partial charge is 0.264 e. The lowest BCUT2D eigenvalue weighted by atomic mass is 10.1. The molecule has 5 nitrogen and oxygen atoms in total. The normalized spacial score (nSPS) is 18.9. The van der Waals surface area contributed by atoms with E-state index >= 15 is 0 Å². The summed E-state index contributed by atoms with van der Waals surface area (Å²) in [5.41, 5.74) is 0. The monoisotopic (exact) mass is 299 g/mol. The molecular formula is C14H21NO4S. The van der Waals surface area contributed by atoms with Gasteiger partial charge in [-0.1, -0.05) is 35.7 Å². The molecule has 0 saturated carbocycles. The first kappa shape index (κ1) is 16.8. The zero-order valence-electron chi connectivity index (χ0n) is 11.6. The molecule has 0 radical (unpaired) electrons. The van der Waals surface area contributed by atoms with Gasteiger partial charge in [0.25, 0.3) is 10.0 Å². The van der Waals surface area contributed by atoms with Gasteiger partial charge in [-0.15, -0.1) is 0 Å². The number of allylic oxidation sites excluding steroid dienone is 5. The highest BCUT2D eigenvalue weighted by atomic mass is 32.2. The third-order valence-corrected chi connectivity index (χ3v) is 4.68. The molecule has 1 N–H and O–H groups in total. The van der Waals surface area contributed by atoms with E-state index in [1.165, 1.54) is 6.08 Å². The lowest BCUT2D eigenvalue weighted by Gasteiger charge is -2.16. The molecule has 6 heteroatoms. The van der Waals surface area contributed by atoms with Gasteiger partial charge < -0.3 is 4.79 Å². The first-order valence-electron chi connectivity index (χ1n) is 6.74. The summed E-state index contributed by atoms with van der Waals surface area (Å²) in [6.07, 6.45) is 11.5. The zero-order valence-corrected chi connectivity index (χ0v) is 12.4. The van der Waals surface area contributed by atoms with Crippen molar-refractivity contribution in [1.82, 2.24) is 4.47 Å². The fourth-order valence-corrected chi connectivity index (χ4v) is 3.03. The van der Waals surface area contributed by atoms with E-state index < -0.39 is 10.0 Å². The van der Waals surface area contributed by atoms with Crippen LogP contribution in [0.1, 0.15) is 32.6 Å². The second-order valence-electron chi connectivity index (χ2n) is 4.60. The SMILES string of the molecule is CCC1C=CC=CC(S(=O)(=O)N(O)CCCCC=O)=C1. The molecule has 0 fully saturated rings. The molecular weight excluding hydrogens is 278 g/mol. The highest BCUT2D eigenvalue weighted by molar-refractivity contribution is 7.93. The third kappa shape index (κ3) is 4.70. The van der Waals surface area contributed by atoms with E-state index in [1.54, 1.807) is 18.2 Å². The number of hydrogen-bond acceptors (Lipinski definition) is 4. The van der Waals surface area contributed by atoms with Crippen LogP contribution in [0.15, 0.2) is 35.3 Å². The number of sulfonamides is 1. The molecule has 0 aliphatic heterocycles. The fraction of sp³-hybridized carbons (Fsp3) is 0.500. The molecule has 1 rings (SSSR count). The molecule has 0 bridgehead atoms. The van der Waals surface area contributed by atoms with Crippen molar-refractivity contribution in [2.45, 2.75) is 32.6 Å². The van der Waals surface area contributed by atoms with Gasteiger partial charge in [0.1, 0.15) is 6.29 Å². The van der Waals surface area contributed by atoms with Crippen LogP contribution in [0, 0.1) is 5.92 Å². The van der Waals surface area contributed by atoms with Gasteiger partial charge in [0, 0.05) is 13.0 Å². The molecule has 1 aliphatic rings. The van der Waals surface area contributed by atoms with Crippen molar-refractivity contribution in [3.63, 3.8) is 0 Å². The standard InChI is InChI=1S/C14H21NO4S/c1-2-13-8-4-5-9-14(12-13)20(18,19)15(17)10-6-3-7-11-16/h4-5,8-9,11-13,17H,2-3,6-7,10H2,1H3. The Kier molecular flexibility index (Phi) is 6.84. The largest absolute Gasteiger partial charge is 0.303 e. The minimum atomic E-state index is -3.88. The molecule has 0 saturated heterocycles. The number of rotatable bonds is 8. The number of aldehydes is 1. The Labute approximate surface area is 120 Å². The van der Waals surface area contributed by atoms with Gasteiger partial charge in [0.15, 0.2) is 0 Å². The average molecular weight is 299 g/mol. The third-order valence-electron chi connectivity index (χ3n) is 3.08. The number of nitrogens with zero attached hydrogens (tertiary/aromatic N) is 1. The summed E-state index contributed by atoms with van der Waals surface area (Å²) in [5, 5.41) is 9.74. The van der Waals surface area contributed by atoms with Crippen molar-refractivity contribution in [1.29, 1.82) is 0 Å². The summed E-state index contributed by atoms with van der Waals surface area (Å²) in [7, 11) is -3.88. The molecule has 1 aliphatic carbocycles. The predicted octanol–water partition coefficient (Wildman–Crippen LogP) is 2.41. The number of carbonyl (C=O) groups excluding carboxylic acids is 1. The van der Waals surface area contributed by atoms with Gasteiger partial charge in [-0.25, -0.2) is 8.42 Å². The minimum absolute atomic E-state index is 0.00836. The van der Waals surface area contributed by atoms with E-state index in [0.717, 1.165) is 12.7 Å². The van der Waals surface area contributed by atoms with E-state index in [-0.39, 0.29) is 17.4 Å². The van der Waals surface area contributed by atoms with Crippen LogP contribution in [0.3, 0.4) is 0 Å². The van der Waals surface area contributed by atoms with Crippen LogP contribution < -0.4 is 0 Å². The lowest BCUT2D eigenvalue weighted by molar-refractivity contribution is -0.108. The minimum Gasteiger partial charge on any atom is -0.303 e. The maximum absolute atomic E-state index is 12.2. The van der Waals surface area contributed by atoms with Crippen molar-refractivity contribution < 1.29 is 18.4 Å². The van der Waals surface area contributed by atoms with E-state index in [9.17, 15) is 18.4 Å². The second kappa shape index (κ2) is 8.14. The Bertz CT molecular complexity index is 505. The van der Waals surface area contributed by atoms with Gasteiger partial charge in [0.05, 0.1) is 4.91 Å². The van der Waals surface area contributed by atoms with Crippen LogP contribution in [0.2, 0.25) is 0 Å². The predicted molar refractivity (Wildman–Crippen MR) is 77.5 cm³/mol. The van der Waals surface area contributed by atoms with Crippen LogP contribution in [-0.2, 0) is 14.8 Å². The van der Waals surface area contributed by atoms with Crippen LogP contribution in [-0.4, -0.2) is 30.9 Å². The molecule has 0 aromatic heterocycles. The Morgan fingerprint density at radius 1 is 1.35 bits per heavy atom. The van der Waals surface area contributed by atoms with Crippen LogP contribution >= 0.6 is 0 Å². The summed E-state index contributed by atoms with van der Waals surface area (Å²) in [4.78, 5) is 10.3. The van der Waals surface area contributed by atoms with Crippen molar-refractivity contribution in [2.24, 2.45) is 5.92 Å². The quantitative estimate of drug-likeness (QED) is 0.424. The molecule has 0 heterocycles. The van der Waals surface area contributed by atoms with Gasteiger partial charge in [0.2, 0.25) is 0 Å². The van der Waals surface area contributed by atoms with Crippen molar-refractivity contribution in [3.05, 3.63) is 35.3 Å². The second-order valence-corrected chi connectivity index (χ2v) is 6.44. The van der Waals surface area contributed by atoms with Crippen molar-refractivity contribution in [3.8, 4) is 0 Å².